The average molecular weight is 229 g/mol. The summed E-state index contributed by atoms with van der Waals surface area (Å²) in [5, 5.41) is 4.78. The summed E-state index contributed by atoms with van der Waals surface area (Å²) in [6.45, 7) is 3.34. The average Bonchev–Trinajstić information content (AvgIpc) is 2.74. The van der Waals surface area contributed by atoms with E-state index in [2.05, 4.69) is 52.6 Å². The van der Waals surface area contributed by atoms with Crippen LogP contribution >= 0.6 is 0 Å². The molecule has 0 aliphatic carbocycles. The highest BCUT2D eigenvalue weighted by atomic mass is 15.2. The summed E-state index contributed by atoms with van der Waals surface area (Å²) < 4.78 is 0. The number of nitrogens with one attached hydrogen (secondary N) is 2. The van der Waals surface area contributed by atoms with Crippen LogP contribution < -0.4 is 5.32 Å². The summed E-state index contributed by atoms with van der Waals surface area (Å²) in [5.74, 6) is 0. The van der Waals surface area contributed by atoms with Gasteiger partial charge in [-0.15, -0.1) is 0 Å². The maximum absolute atomic E-state index is 3.51. The minimum atomic E-state index is 0.608. The number of H-pyrrole nitrogens is 1. The molecule has 3 rings (SSSR count). The van der Waals surface area contributed by atoms with Gasteiger partial charge in [0.1, 0.15) is 0 Å². The molecule has 0 radical (unpaired) electrons. The Morgan fingerprint density at radius 2 is 2.24 bits per heavy atom. The van der Waals surface area contributed by atoms with Gasteiger partial charge >= 0.3 is 0 Å². The second-order valence-corrected chi connectivity index (χ2v) is 4.92. The van der Waals surface area contributed by atoms with Crippen molar-refractivity contribution in [3.05, 3.63) is 36.0 Å². The Labute approximate surface area is 102 Å². The minimum absolute atomic E-state index is 0.608. The maximum Gasteiger partial charge on any atom is 0.0456 e. The van der Waals surface area contributed by atoms with Crippen molar-refractivity contribution < 1.29 is 0 Å². The fourth-order valence-electron chi connectivity index (χ4n) is 2.59. The monoisotopic (exact) mass is 229 g/mol. The molecule has 2 N–H and O–H groups in total. The molecule has 0 spiro atoms. The summed E-state index contributed by atoms with van der Waals surface area (Å²) >= 11 is 0. The molecular formula is C14H19N3. The van der Waals surface area contributed by atoms with Crippen molar-refractivity contribution in [3.63, 3.8) is 0 Å². The lowest BCUT2D eigenvalue weighted by Gasteiger charge is -2.32. The molecule has 1 fully saturated rings. The van der Waals surface area contributed by atoms with Gasteiger partial charge in [0, 0.05) is 43.3 Å². The molecule has 0 amide bonds. The highest BCUT2D eigenvalue weighted by Crippen LogP contribution is 2.17. The number of aromatic amines is 1. The number of hydrogen-bond acceptors (Lipinski definition) is 2. The van der Waals surface area contributed by atoms with E-state index in [9.17, 15) is 0 Å². The second kappa shape index (κ2) is 4.51. The van der Waals surface area contributed by atoms with Crippen LogP contribution in [0.25, 0.3) is 10.9 Å². The quantitative estimate of drug-likeness (QED) is 0.820. The van der Waals surface area contributed by atoms with E-state index in [4.69, 9.17) is 0 Å². The van der Waals surface area contributed by atoms with Crippen molar-refractivity contribution in [2.75, 3.05) is 26.7 Å². The van der Waals surface area contributed by atoms with Crippen molar-refractivity contribution in [2.45, 2.75) is 12.5 Å². The normalized spacial score (nSPS) is 22.1. The molecular weight excluding hydrogens is 210 g/mol. The SMILES string of the molecule is CN1CCNCC1Cc1cc2ccccc2[nH]1. The third-order valence-corrected chi connectivity index (χ3v) is 3.69. The van der Waals surface area contributed by atoms with Crippen molar-refractivity contribution in [2.24, 2.45) is 0 Å². The number of nitrogens with zero attached hydrogens (tertiary/aromatic N) is 1. The number of rotatable bonds is 2. The predicted molar refractivity (Wildman–Crippen MR) is 71.3 cm³/mol. The van der Waals surface area contributed by atoms with E-state index in [1.54, 1.807) is 0 Å². The molecule has 2 aromatic rings. The fraction of sp³-hybridized carbons (Fsp3) is 0.429. The molecule has 1 aromatic heterocycles. The van der Waals surface area contributed by atoms with Gasteiger partial charge in [-0.1, -0.05) is 18.2 Å². The van der Waals surface area contributed by atoms with E-state index in [-0.39, 0.29) is 0 Å². The first-order valence-corrected chi connectivity index (χ1v) is 6.30. The standard InChI is InChI=1S/C14H19N3/c1-17-7-6-15-10-13(17)9-12-8-11-4-2-3-5-14(11)16-12/h2-5,8,13,15-16H,6-7,9-10H2,1H3. The van der Waals surface area contributed by atoms with Gasteiger partial charge in [-0.3, -0.25) is 0 Å². The predicted octanol–water partition coefficient (Wildman–Crippen LogP) is 1.61. The van der Waals surface area contributed by atoms with Crippen molar-refractivity contribution in [1.82, 2.24) is 15.2 Å². The Hall–Kier alpha value is -1.32. The molecule has 1 aromatic carbocycles. The molecule has 0 saturated carbocycles. The highest BCUT2D eigenvalue weighted by molar-refractivity contribution is 5.80. The summed E-state index contributed by atoms with van der Waals surface area (Å²) in [6, 6.07) is 11.4. The number of benzene rings is 1. The first kappa shape index (κ1) is 10.8. The molecule has 1 saturated heterocycles. The molecule has 90 valence electrons. The smallest absolute Gasteiger partial charge is 0.0456 e. The van der Waals surface area contributed by atoms with Crippen molar-refractivity contribution in [3.8, 4) is 0 Å². The van der Waals surface area contributed by atoms with Gasteiger partial charge < -0.3 is 15.2 Å². The fourth-order valence-corrected chi connectivity index (χ4v) is 2.59. The Bertz CT molecular complexity index is 470. The lowest BCUT2D eigenvalue weighted by Crippen LogP contribution is -2.50. The molecule has 2 heterocycles. The van der Waals surface area contributed by atoms with E-state index >= 15 is 0 Å². The summed E-state index contributed by atoms with van der Waals surface area (Å²) in [7, 11) is 2.22. The molecule has 0 bridgehead atoms. The number of fused-ring (bicyclic) bond motifs is 1. The molecule has 1 unspecified atom stereocenters. The number of hydrogen-bond donors (Lipinski definition) is 2. The van der Waals surface area contributed by atoms with Crippen LogP contribution in [0.2, 0.25) is 0 Å². The van der Waals surface area contributed by atoms with E-state index in [0.717, 1.165) is 26.1 Å². The Balaban J connectivity index is 1.79. The third kappa shape index (κ3) is 2.21. The Morgan fingerprint density at radius 1 is 1.35 bits per heavy atom. The van der Waals surface area contributed by atoms with Crippen LogP contribution in [-0.4, -0.2) is 42.6 Å². The van der Waals surface area contributed by atoms with Crippen LogP contribution in [0.15, 0.2) is 30.3 Å². The van der Waals surface area contributed by atoms with Crippen LogP contribution in [0, 0.1) is 0 Å². The number of likely N-dealkylation sites (N-methyl/N-ethyl adjacent to an activating group) is 1. The highest BCUT2D eigenvalue weighted by Gasteiger charge is 2.19. The van der Waals surface area contributed by atoms with Crippen LogP contribution in [-0.2, 0) is 6.42 Å². The largest absolute Gasteiger partial charge is 0.358 e. The lowest BCUT2D eigenvalue weighted by atomic mass is 10.1. The van der Waals surface area contributed by atoms with Gasteiger partial charge in [-0.2, -0.15) is 0 Å². The van der Waals surface area contributed by atoms with Gasteiger partial charge in [-0.05, 0) is 24.6 Å². The van der Waals surface area contributed by atoms with Gasteiger partial charge in [-0.25, -0.2) is 0 Å². The summed E-state index contributed by atoms with van der Waals surface area (Å²) in [6.07, 6.45) is 1.10. The van der Waals surface area contributed by atoms with Crippen LogP contribution in [0.3, 0.4) is 0 Å². The van der Waals surface area contributed by atoms with Gasteiger partial charge in [0.2, 0.25) is 0 Å². The first-order valence-electron chi connectivity index (χ1n) is 6.30. The van der Waals surface area contributed by atoms with Gasteiger partial charge in [0.25, 0.3) is 0 Å². The Kier molecular flexibility index (Phi) is 2.87. The van der Waals surface area contributed by atoms with Crippen LogP contribution in [0.1, 0.15) is 5.69 Å². The maximum atomic E-state index is 3.51. The summed E-state index contributed by atoms with van der Waals surface area (Å²) in [5.41, 5.74) is 2.58. The topological polar surface area (TPSA) is 31.1 Å². The molecule has 17 heavy (non-hydrogen) atoms. The molecule has 3 heteroatoms. The van der Waals surface area contributed by atoms with Crippen LogP contribution in [0.5, 0.6) is 0 Å². The summed E-state index contributed by atoms with van der Waals surface area (Å²) in [4.78, 5) is 5.96. The number of aromatic nitrogens is 1. The third-order valence-electron chi connectivity index (χ3n) is 3.69. The van der Waals surface area contributed by atoms with E-state index in [1.807, 2.05) is 0 Å². The second-order valence-electron chi connectivity index (χ2n) is 4.92. The lowest BCUT2D eigenvalue weighted by molar-refractivity contribution is 0.198. The zero-order chi connectivity index (χ0) is 11.7. The zero-order valence-corrected chi connectivity index (χ0v) is 10.2. The van der Waals surface area contributed by atoms with Gasteiger partial charge in [0.05, 0.1) is 0 Å². The molecule has 1 atom stereocenters. The minimum Gasteiger partial charge on any atom is -0.358 e. The zero-order valence-electron chi connectivity index (χ0n) is 10.2. The first-order chi connectivity index (χ1) is 8.33. The Morgan fingerprint density at radius 3 is 3.06 bits per heavy atom. The van der Waals surface area contributed by atoms with Crippen molar-refractivity contribution >= 4 is 10.9 Å². The van der Waals surface area contributed by atoms with Gasteiger partial charge in [0.15, 0.2) is 0 Å². The number of para-hydroxylation sites is 1. The number of piperazine rings is 1. The molecule has 1 aliphatic rings. The van der Waals surface area contributed by atoms with Crippen molar-refractivity contribution in [1.29, 1.82) is 0 Å². The van der Waals surface area contributed by atoms with Crippen LogP contribution in [0.4, 0.5) is 0 Å². The molecule has 1 aliphatic heterocycles. The van der Waals surface area contributed by atoms with E-state index in [0.29, 0.717) is 6.04 Å². The van der Waals surface area contributed by atoms with E-state index < -0.39 is 0 Å². The van der Waals surface area contributed by atoms with E-state index in [1.165, 1.54) is 16.6 Å². The molecule has 3 nitrogen and oxygen atoms in total.